The number of rotatable bonds is 9. The van der Waals surface area contributed by atoms with Crippen molar-refractivity contribution in [2.75, 3.05) is 36.5 Å². The number of nitrogens with one attached hydrogen (secondary N) is 1. The number of carbonyl (C=O) groups excluding carboxylic acids is 1. The monoisotopic (exact) mass is 412 g/mol. The minimum atomic E-state index is 0.0789. The minimum absolute atomic E-state index is 0.0789. The molecule has 0 bridgehead atoms. The van der Waals surface area contributed by atoms with E-state index in [9.17, 15) is 4.79 Å². The molecule has 0 aromatic heterocycles. The van der Waals surface area contributed by atoms with Crippen LogP contribution in [0.5, 0.6) is 5.75 Å². The molecule has 2 aromatic rings. The van der Waals surface area contributed by atoms with Crippen molar-refractivity contribution in [2.24, 2.45) is 0 Å². The maximum absolute atomic E-state index is 12.4. The van der Waals surface area contributed by atoms with Crippen LogP contribution < -0.4 is 10.1 Å². The summed E-state index contributed by atoms with van der Waals surface area (Å²) in [6.07, 6.45) is 2.21. The molecule has 1 N–H and O–H groups in total. The van der Waals surface area contributed by atoms with Gasteiger partial charge in [-0.3, -0.25) is 9.69 Å². The summed E-state index contributed by atoms with van der Waals surface area (Å²) in [5, 5.41) is 3.10. The van der Waals surface area contributed by atoms with E-state index in [0.717, 1.165) is 43.9 Å². The average Bonchev–Trinajstić information content (AvgIpc) is 2.72. The van der Waals surface area contributed by atoms with Crippen LogP contribution in [0.1, 0.15) is 36.0 Å². The Morgan fingerprint density at radius 1 is 1.10 bits per heavy atom. The van der Waals surface area contributed by atoms with Gasteiger partial charge < -0.3 is 10.1 Å². The second-order valence-electron chi connectivity index (χ2n) is 7.65. The van der Waals surface area contributed by atoms with Gasteiger partial charge in [0.2, 0.25) is 5.91 Å². The Labute approximate surface area is 179 Å². The number of thioether (sulfide) groups is 1. The van der Waals surface area contributed by atoms with E-state index >= 15 is 0 Å². The van der Waals surface area contributed by atoms with Crippen molar-refractivity contribution in [3.63, 3.8) is 0 Å². The van der Waals surface area contributed by atoms with Crippen molar-refractivity contribution in [2.45, 2.75) is 39.7 Å². The van der Waals surface area contributed by atoms with Gasteiger partial charge >= 0.3 is 0 Å². The fraction of sp³-hybridized carbons (Fsp3) is 0.458. The van der Waals surface area contributed by atoms with E-state index in [1.54, 1.807) is 0 Å². The molecule has 1 saturated heterocycles. The van der Waals surface area contributed by atoms with Crippen molar-refractivity contribution in [1.82, 2.24) is 4.90 Å². The molecule has 0 aliphatic carbocycles. The number of ether oxygens (including phenoxy) is 1. The highest BCUT2D eigenvalue weighted by Crippen LogP contribution is 2.22. The number of benzene rings is 2. The van der Waals surface area contributed by atoms with Crippen LogP contribution in [0, 0.1) is 13.8 Å². The molecule has 5 heteroatoms. The summed E-state index contributed by atoms with van der Waals surface area (Å²) >= 11 is 2.03. The second kappa shape index (κ2) is 11.3. The molecular formula is C24H32N2O2S. The molecule has 1 aliphatic heterocycles. The van der Waals surface area contributed by atoms with Crippen LogP contribution in [0.3, 0.4) is 0 Å². The van der Waals surface area contributed by atoms with Gasteiger partial charge in [0.05, 0.1) is 6.61 Å². The number of hydrogen-bond acceptors (Lipinski definition) is 4. The summed E-state index contributed by atoms with van der Waals surface area (Å²) in [6, 6.07) is 14.3. The molecule has 0 radical (unpaired) electrons. The number of amides is 1. The van der Waals surface area contributed by atoms with Gasteiger partial charge in [-0.1, -0.05) is 24.3 Å². The highest BCUT2D eigenvalue weighted by Gasteiger charge is 2.13. The number of aryl methyl sites for hydroxylation is 1. The normalized spacial score (nSPS) is 14.6. The summed E-state index contributed by atoms with van der Waals surface area (Å²) in [4.78, 5) is 14.9. The van der Waals surface area contributed by atoms with Gasteiger partial charge in [-0.25, -0.2) is 0 Å². The summed E-state index contributed by atoms with van der Waals surface area (Å²) in [5.74, 6) is 3.40. The van der Waals surface area contributed by atoms with Crippen molar-refractivity contribution >= 4 is 23.4 Å². The quantitative estimate of drug-likeness (QED) is 0.586. The largest absolute Gasteiger partial charge is 0.494 e. The maximum Gasteiger partial charge on any atom is 0.224 e. The lowest BCUT2D eigenvalue weighted by molar-refractivity contribution is -0.116. The Kier molecular flexibility index (Phi) is 8.44. The van der Waals surface area contributed by atoms with Gasteiger partial charge in [0.1, 0.15) is 5.75 Å². The number of nitrogens with zero attached hydrogens (tertiary/aromatic N) is 1. The van der Waals surface area contributed by atoms with Gasteiger partial charge in [0, 0.05) is 43.2 Å². The Balaban J connectivity index is 1.41. The molecule has 0 saturated carbocycles. The van der Waals surface area contributed by atoms with Crippen LogP contribution >= 0.6 is 11.8 Å². The van der Waals surface area contributed by atoms with E-state index in [-0.39, 0.29) is 5.91 Å². The van der Waals surface area contributed by atoms with E-state index in [2.05, 4.69) is 36.2 Å². The molecule has 1 heterocycles. The van der Waals surface area contributed by atoms with Crippen LogP contribution in [0.4, 0.5) is 5.69 Å². The maximum atomic E-state index is 12.4. The van der Waals surface area contributed by atoms with Crippen molar-refractivity contribution in [3.8, 4) is 5.75 Å². The second-order valence-corrected chi connectivity index (χ2v) is 8.87. The molecule has 0 spiro atoms. The summed E-state index contributed by atoms with van der Waals surface area (Å²) < 4.78 is 5.76. The number of anilines is 1. The highest BCUT2D eigenvalue weighted by molar-refractivity contribution is 7.99. The summed E-state index contributed by atoms with van der Waals surface area (Å²) in [7, 11) is 0. The topological polar surface area (TPSA) is 41.6 Å². The van der Waals surface area contributed by atoms with E-state index in [1.165, 1.54) is 28.2 Å². The first-order valence-corrected chi connectivity index (χ1v) is 11.7. The molecule has 1 fully saturated rings. The predicted octanol–water partition coefficient (Wildman–Crippen LogP) is 5.04. The fourth-order valence-electron chi connectivity index (χ4n) is 3.49. The Bertz CT molecular complexity index is 803. The van der Waals surface area contributed by atoms with Crippen LogP contribution in [0.25, 0.3) is 0 Å². The molecule has 3 rings (SSSR count). The Morgan fingerprint density at radius 3 is 2.69 bits per heavy atom. The zero-order chi connectivity index (χ0) is 20.5. The zero-order valence-electron chi connectivity index (χ0n) is 17.6. The molecule has 2 aromatic carbocycles. The average molecular weight is 413 g/mol. The zero-order valence-corrected chi connectivity index (χ0v) is 18.4. The lowest BCUT2D eigenvalue weighted by atomic mass is 10.1. The van der Waals surface area contributed by atoms with Gasteiger partial charge in [-0.05, 0) is 61.6 Å². The first-order valence-electron chi connectivity index (χ1n) is 10.5. The molecule has 4 nitrogen and oxygen atoms in total. The Morgan fingerprint density at radius 2 is 1.90 bits per heavy atom. The molecule has 29 heavy (non-hydrogen) atoms. The van der Waals surface area contributed by atoms with Gasteiger partial charge in [0.25, 0.3) is 0 Å². The lowest BCUT2D eigenvalue weighted by Crippen LogP contribution is -2.32. The van der Waals surface area contributed by atoms with Crippen LogP contribution in [-0.4, -0.2) is 42.0 Å². The number of hydrogen-bond donors (Lipinski definition) is 1. The molecular weight excluding hydrogens is 380 g/mol. The minimum Gasteiger partial charge on any atom is -0.494 e. The smallest absolute Gasteiger partial charge is 0.224 e. The van der Waals surface area contributed by atoms with Crippen LogP contribution in [-0.2, 0) is 11.3 Å². The predicted molar refractivity (Wildman–Crippen MR) is 123 cm³/mol. The summed E-state index contributed by atoms with van der Waals surface area (Å²) in [5.41, 5.74) is 4.62. The fourth-order valence-corrected chi connectivity index (χ4v) is 4.46. The van der Waals surface area contributed by atoms with Gasteiger partial charge in [-0.15, -0.1) is 0 Å². The summed E-state index contributed by atoms with van der Waals surface area (Å²) in [6.45, 7) is 8.06. The van der Waals surface area contributed by atoms with E-state index < -0.39 is 0 Å². The van der Waals surface area contributed by atoms with Crippen molar-refractivity contribution < 1.29 is 9.53 Å². The van der Waals surface area contributed by atoms with Gasteiger partial charge in [-0.2, -0.15) is 11.8 Å². The Hall–Kier alpha value is -1.98. The molecule has 0 unspecified atom stereocenters. The SMILES string of the molecule is Cc1cccc(OCCCCC(=O)Nc2cccc(CN3CCSCC3)c2C)c1. The lowest BCUT2D eigenvalue weighted by Gasteiger charge is -2.27. The first-order chi connectivity index (χ1) is 14.1. The standard InChI is InChI=1S/C24H32N2O2S/c1-19-7-5-9-22(17-19)28-14-4-3-11-24(27)25-23-10-6-8-21(20(23)2)18-26-12-15-29-16-13-26/h5-10,17H,3-4,11-16,18H2,1-2H3,(H,25,27). The molecule has 1 aliphatic rings. The molecule has 0 atom stereocenters. The molecule has 156 valence electrons. The van der Waals surface area contributed by atoms with Crippen LogP contribution in [0.2, 0.25) is 0 Å². The first kappa shape index (κ1) is 21.7. The van der Waals surface area contributed by atoms with Gasteiger partial charge in [0.15, 0.2) is 0 Å². The van der Waals surface area contributed by atoms with E-state index in [1.807, 2.05) is 42.1 Å². The van der Waals surface area contributed by atoms with Crippen LogP contribution in [0.15, 0.2) is 42.5 Å². The third-order valence-corrected chi connectivity index (χ3v) is 6.22. The van der Waals surface area contributed by atoms with Crippen molar-refractivity contribution in [1.29, 1.82) is 0 Å². The van der Waals surface area contributed by atoms with Crippen molar-refractivity contribution in [3.05, 3.63) is 59.2 Å². The number of unbranched alkanes of at least 4 members (excludes halogenated alkanes) is 1. The third kappa shape index (κ3) is 7.09. The van der Waals surface area contributed by atoms with E-state index in [0.29, 0.717) is 13.0 Å². The number of carbonyl (C=O) groups is 1. The highest BCUT2D eigenvalue weighted by atomic mass is 32.2. The van der Waals surface area contributed by atoms with E-state index in [4.69, 9.17) is 4.74 Å². The molecule has 1 amide bonds. The third-order valence-electron chi connectivity index (χ3n) is 5.27.